The number of carbonyl (C=O) groups excluding carboxylic acids is 1. The van der Waals surface area contributed by atoms with Gasteiger partial charge < -0.3 is 9.47 Å². The third kappa shape index (κ3) is 4.72. The highest BCUT2D eigenvalue weighted by Crippen LogP contribution is 2.66. The largest absolute Gasteiger partial charge is 0.490 e. The Balaban J connectivity index is 1.38. The highest BCUT2D eigenvalue weighted by Gasteiger charge is 2.64. The fourth-order valence-corrected chi connectivity index (χ4v) is 5.04. The summed E-state index contributed by atoms with van der Waals surface area (Å²) >= 11 is 6.21. The number of rotatable bonds is 8. The molecular formula is C25H29ClN2O3. The Morgan fingerprint density at radius 3 is 2.81 bits per heavy atom. The number of amides is 1. The second kappa shape index (κ2) is 9.31. The van der Waals surface area contributed by atoms with E-state index in [4.69, 9.17) is 21.1 Å². The molecule has 5 nitrogen and oxygen atoms in total. The number of carbonyl (C=O) groups is 1. The van der Waals surface area contributed by atoms with E-state index >= 15 is 0 Å². The summed E-state index contributed by atoms with van der Waals surface area (Å²) in [5, 5.41) is 4.86. The van der Waals surface area contributed by atoms with E-state index in [1.807, 2.05) is 49.4 Å². The predicted octanol–water partition coefficient (Wildman–Crippen LogP) is 5.59. The highest BCUT2D eigenvalue weighted by molar-refractivity contribution is 6.31. The van der Waals surface area contributed by atoms with Gasteiger partial charge in [0.25, 0.3) is 0 Å². The summed E-state index contributed by atoms with van der Waals surface area (Å²) in [6.07, 6.45) is 6.41. The first-order valence-corrected chi connectivity index (χ1v) is 11.4. The normalized spacial score (nSPS) is 24.5. The number of fused-ring (bicyclic) bond motifs is 1. The maximum absolute atomic E-state index is 12.6. The molecule has 0 heterocycles. The average Bonchev–Trinajstić information content (AvgIpc) is 3.40. The molecule has 0 aromatic heterocycles. The molecule has 2 aromatic rings. The van der Waals surface area contributed by atoms with Gasteiger partial charge in [-0.2, -0.15) is 5.10 Å². The van der Waals surface area contributed by atoms with Gasteiger partial charge in [0.15, 0.2) is 11.5 Å². The Kier molecular flexibility index (Phi) is 6.51. The van der Waals surface area contributed by atoms with Gasteiger partial charge in [-0.25, -0.2) is 5.43 Å². The van der Waals surface area contributed by atoms with Gasteiger partial charge in [0, 0.05) is 16.5 Å². The summed E-state index contributed by atoms with van der Waals surface area (Å²) in [5.74, 6) is 1.93. The van der Waals surface area contributed by atoms with Crippen molar-refractivity contribution in [2.45, 2.75) is 46.1 Å². The van der Waals surface area contributed by atoms with Crippen molar-refractivity contribution in [1.29, 1.82) is 0 Å². The first-order valence-electron chi connectivity index (χ1n) is 11.0. The van der Waals surface area contributed by atoms with E-state index in [0.717, 1.165) is 24.0 Å². The Labute approximate surface area is 188 Å². The van der Waals surface area contributed by atoms with Gasteiger partial charge in [-0.3, -0.25) is 4.79 Å². The number of ether oxygens (including phenoxy) is 2. The molecule has 1 amide bonds. The molecule has 2 fully saturated rings. The molecule has 0 saturated heterocycles. The minimum atomic E-state index is 0.0374. The summed E-state index contributed by atoms with van der Waals surface area (Å²) in [5.41, 5.74) is 4.66. The molecule has 4 rings (SSSR count). The Morgan fingerprint density at radius 2 is 2.06 bits per heavy atom. The van der Waals surface area contributed by atoms with Crippen molar-refractivity contribution < 1.29 is 14.3 Å². The zero-order chi connectivity index (χ0) is 21.8. The lowest BCUT2D eigenvalue weighted by Gasteiger charge is -2.15. The van der Waals surface area contributed by atoms with Crippen LogP contribution in [0.15, 0.2) is 47.6 Å². The van der Waals surface area contributed by atoms with Crippen molar-refractivity contribution in [3.63, 3.8) is 0 Å². The first-order chi connectivity index (χ1) is 15.0. The smallest absolute Gasteiger partial charge is 0.244 e. The molecule has 2 aromatic carbocycles. The number of halogens is 1. The van der Waals surface area contributed by atoms with Crippen LogP contribution in [-0.2, 0) is 11.4 Å². The minimum absolute atomic E-state index is 0.0374. The molecule has 2 saturated carbocycles. The van der Waals surface area contributed by atoms with E-state index in [1.165, 1.54) is 12.8 Å². The molecule has 164 valence electrons. The van der Waals surface area contributed by atoms with Crippen LogP contribution in [0.25, 0.3) is 0 Å². The lowest BCUT2D eigenvalue weighted by molar-refractivity contribution is -0.123. The number of benzene rings is 2. The SMILES string of the molecule is CCOc1cc(/C=N\NC(=O)[C@@H]2[C@H]3CCCC[C@@]32C)ccc1OCc1ccccc1Cl. The van der Waals surface area contributed by atoms with Crippen LogP contribution >= 0.6 is 11.6 Å². The summed E-state index contributed by atoms with van der Waals surface area (Å²) in [6.45, 7) is 5.03. The zero-order valence-electron chi connectivity index (χ0n) is 18.1. The van der Waals surface area contributed by atoms with Crippen LogP contribution < -0.4 is 14.9 Å². The van der Waals surface area contributed by atoms with Crippen molar-refractivity contribution in [3.05, 3.63) is 58.6 Å². The number of nitrogens with zero attached hydrogens (tertiary/aromatic N) is 1. The zero-order valence-corrected chi connectivity index (χ0v) is 18.8. The predicted molar refractivity (Wildman–Crippen MR) is 123 cm³/mol. The highest BCUT2D eigenvalue weighted by atomic mass is 35.5. The topological polar surface area (TPSA) is 59.9 Å². The van der Waals surface area contributed by atoms with E-state index in [-0.39, 0.29) is 17.2 Å². The molecule has 0 radical (unpaired) electrons. The van der Waals surface area contributed by atoms with Crippen LogP contribution in [0.3, 0.4) is 0 Å². The number of nitrogens with one attached hydrogen (secondary N) is 1. The van der Waals surface area contributed by atoms with Crippen LogP contribution in [0.2, 0.25) is 5.02 Å². The van der Waals surface area contributed by atoms with Gasteiger partial charge in [0.05, 0.1) is 12.8 Å². The lowest BCUT2D eigenvalue weighted by atomic mass is 9.90. The molecule has 0 spiro atoms. The molecule has 2 aliphatic carbocycles. The van der Waals surface area contributed by atoms with Gasteiger partial charge >= 0.3 is 0 Å². The average molecular weight is 441 g/mol. The fourth-order valence-electron chi connectivity index (χ4n) is 4.85. The quantitative estimate of drug-likeness (QED) is 0.429. The second-order valence-corrected chi connectivity index (χ2v) is 9.00. The Morgan fingerprint density at radius 1 is 1.23 bits per heavy atom. The summed E-state index contributed by atoms with van der Waals surface area (Å²) in [7, 11) is 0. The van der Waals surface area contributed by atoms with E-state index in [9.17, 15) is 4.79 Å². The number of hydrogen-bond acceptors (Lipinski definition) is 4. The Hall–Kier alpha value is -2.53. The van der Waals surface area contributed by atoms with Crippen molar-refractivity contribution in [2.75, 3.05) is 6.61 Å². The molecule has 0 unspecified atom stereocenters. The second-order valence-electron chi connectivity index (χ2n) is 8.59. The third-order valence-corrected chi connectivity index (χ3v) is 6.98. The molecule has 2 aliphatic rings. The van der Waals surface area contributed by atoms with Crippen molar-refractivity contribution in [2.24, 2.45) is 22.4 Å². The van der Waals surface area contributed by atoms with E-state index in [0.29, 0.717) is 35.7 Å². The first kappa shape index (κ1) is 21.7. The van der Waals surface area contributed by atoms with Crippen LogP contribution in [-0.4, -0.2) is 18.7 Å². The molecular weight excluding hydrogens is 412 g/mol. The van der Waals surface area contributed by atoms with E-state index in [2.05, 4.69) is 17.5 Å². The number of hydrogen-bond donors (Lipinski definition) is 1. The van der Waals surface area contributed by atoms with E-state index < -0.39 is 0 Å². The van der Waals surface area contributed by atoms with Crippen LogP contribution in [0.5, 0.6) is 11.5 Å². The Bertz CT molecular complexity index is 977. The molecule has 0 aliphatic heterocycles. The lowest BCUT2D eigenvalue weighted by Crippen LogP contribution is -2.22. The maximum Gasteiger partial charge on any atom is 0.244 e. The third-order valence-electron chi connectivity index (χ3n) is 6.61. The summed E-state index contributed by atoms with van der Waals surface area (Å²) in [6, 6.07) is 13.2. The monoisotopic (exact) mass is 440 g/mol. The molecule has 6 heteroatoms. The van der Waals surface area contributed by atoms with Crippen molar-refractivity contribution in [1.82, 2.24) is 5.43 Å². The van der Waals surface area contributed by atoms with Gasteiger partial charge in [0.1, 0.15) is 6.61 Å². The van der Waals surface area contributed by atoms with Crippen molar-refractivity contribution >= 4 is 23.7 Å². The molecule has 3 atom stereocenters. The molecule has 31 heavy (non-hydrogen) atoms. The number of hydrazone groups is 1. The van der Waals surface area contributed by atoms with Gasteiger partial charge in [-0.05, 0) is 60.9 Å². The maximum atomic E-state index is 12.6. The van der Waals surface area contributed by atoms with Gasteiger partial charge in [-0.15, -0.1) is 0 Å². The van der Waals surface area contributed by atoms with Crippen LogP contribution in [0.1, 0.15) is 50.7 Å². The van der Waals surface area contributed by atoms with Crippen molar-refractivity contribution in [3.8, 4) is 11.5 Å². The molecule has 0 bridgehead atoms. The minimum Gasteiger partial charge on any atom is -0.490 e. The summed E-state index contributed by atoms with van der Waals surface area (Å²) in [4.78, 5) is 12.6. The standard InChI is InChI=1S/C25H29ClN2O3/c1-3-30-22-14-17(11-12-21(22)31-16-18-8-4-5-10-20(18)26)15-27-28-24(29)23-19-9-6-7-13-25(19,23)2/h4-5,8,10-12,14-15,19,23H,3,6-7,9,13,16H2,1-2H3,(H,28,29)/b27-15-/t19-,23+,25+/m1/s1. The van der Waals surface area contributed by atoms with Crippen LogP contribution in [0.4, 0.5) is 0 Å². The van der Waals surface area contributed by atoms with Crippen LogP contribution in [0, 0.1) is 17.3 Å². The van der Waals surface area contributed by atoms with E-state index in [1.54, 1.807) is 6.21 Å². The van der Waals surface area contributed by atoms with Gasteiger partial charge in [0.2, 0.25) is 5.91 Å². The summed E-state index contributed by atoms with van der Waals surface area (Å²) < 4.78 is 11.7. The van der Waals surface area contributed by atoms with Gasteiger partial charge in [-0.1, -0.05) is 49.6 Å². The molecule has 1 N–H and O–H groups in total. The fraction of sp³-hybridized carbons (Fsp3) is 0.440.